The minimum Gasteiger partial charge on any atom is -0.273 e. The molecule has 3 heteroatoms. The molecule has 0 N–H and O–H groups in total. The van der Waals surface area contributed by atoms with Gasteiger partial charge in [0, 0.05) is 18.1 Å². The molecular weight excluding hydrogens is 208 g/mol. The molecule has 0 saturated carbocycles. The maximum Gasteiger partial charge on any atom is 0.0521 e. The quantitative estimate of drug-likeness (QED) is 0.722. The maximum absolute atomic E-state index is 6.32. The molecule has 1 aromatic rings. The minimum absolute atomic E-state index is 0.183. The maximum atomic E-state index is 6.32. The molecule has 0 aromatic carbocycles. The van der Waals surface area contributed by atoms with Gasteiger partial charge in [0.25, 0.3) is 0 Å². The molecule has 1 unspecified atom stereocenters. The lowest BCUT2D eigenvalue weighted by atomic mass is 9.88. The van der Waals surface area contributed by atoms with Crippen molar-refractivity contribution in [1.29, 1.82) is 0 Å². The lowest BCUT2D eigenvalue weighted by Crippen LogP contribution is -2.21. The zero-order valence-electron chi connectivity index (χ0n) is 10.1. The van der Waals surface area contributed by atoms with E-state index in [9.17, 15) is 0 Å². The monoisotopic (exact) mass is 228 g/mol. The van der Waals surface area contributed by atoms with Crippen LogP contribution in [0.2, 0.25) is 0 Å². The van der Waals surface area contributed by atoms with Gasteiger partial charge in [-0.05, 0) is 30.7 Å². The van der Waals surface area contributed by atoms with Gasteiger partial charge in [0.15, 0.2) is 0 Å². The molecule has 1 rings (SSSR count). The molecule has 2 nitrogen and oxygen atoms in total. The Bertz CT molecular complexity index is 299. The van der Waals surface area contributed by atoms with Crippen molar-refractivity contribution in [2.45, 2.75) is 52.5 Å². The van der Waals surface area contributed by atoms with Crippen LogP contribution in [0.25, 0.3) is 0 Å². The van der Waals surface area contributed by atoms with Crippen LogP contribution < -0.4 is 0 Å². The number of rotatable bonds is 4. The van der Waals surface area contributed by atoms with Crippen molar-refractivity contribution in [1.82, 2.24) is 9.78 Å². The molecule has 1 heterocycles. The third-order valence-corrected chi connectivity index (χ3v) is 3.51. The number of nitrogens with zero attached hydrogens (tertiary/aromatic N) is 2. The lowest BCUT2D eigenvalue weighted by molar-refractivity contribution is 0.374. The van der Waals surface area contributed by atoms with Gasteiger partial charge < -0.3 is 0 Å². The highest BCUT2D eigenvalue weighted by atomic mass is 35.5. The number of alkyl halides is 1. The van der Waals surface area contributed by atoms with E-state index in [1.165, 1.54) is 5.56 Å². The van der Waals surface area contributed by atoms with Crippen LogP contribution in [0.1, 0.15) is 39.7 Å². The van der Waals surface area contributed by atoms with E-state index in [1.54, 1.807) is 0 Å². The second-order valence-electron chi connectivity index (χ2n) is 5.08. The van der Waals surface area contributed by atoms with Crippen LogP contribution in [-0.4, -0.2) is 15.2 Å². The SMILES string of the molecule is CCn1cc(CCC(Cl)C(C)(C)C)cn1. The van der Waals surface area contributed by atoms with Gasteiger partial charge in [-0.25, -0.2) is 0 Å². The second-order valence-corrected chi connectivity index (χ2v) is 5.60. The van der Waals surface area contributed by atoms with Crippen molar-refractivity contribution >= 4 is 11.6 Å². The molecule has 0 bridgehead atoms. The van der Waals surface area contributed by atoms with Crippen LogP contribution in [0.5, 0.6) is 0 Å². The van der Waals surface area contributed by atoms with Crippen molar-refractivity contribution in [2.24, 2.45) is 5.41 Å². The molecule has 0 radical (unpaired) electrons. The fourth-order valence-corrected chi connectivity index (χ4v) is 1.54. The minimum atomic E-state index is 0.183. The standard InChI is InChI=1S/C12H21ClN2/c1-5-15-9-10(8-14-15)6-7-11(13)12(2,3)4/h8-9,11H,5-7H2,1-4H3. The van der Waals surface area contributed by atoms with E-state index in [-0.39, 0.29) is 10.8 Å². The molecule has 0 saturated heterocycles. The molecule has 0 aliphatic carbocycles. The van der Waals surface area contributed by atoms with Gasteiger partial charge in [0.1, 0.15) is 0 Å². The van der Waals surface area contributed by atoms with Gasteiger partial charge >= 0.3 is 0 Å². The number of halogens is 1. The van der Waals surface area contributed by atoms with Crippen LogP contribution in [0.4, 0.5) is 0 Å². The third-order valence-electron chi connectivity index (χ3n) is 2.64. The third kappa shape index (κ3) is 3.86. The summed E-state index contributed by atoms with van der Waals surface area (Å²) in [6.07, 6.45) is 6.08. The number of hydrogen-bond donors (Lipinski definition) is 0. The van der Waals surface area contributed by atoms with E-state index in [2.05, 4.69) is 39.0 Å². The summed E-state index contributed by atoms with van der Waals surface area (Å²) in [7, 11) is 0. The highest BCUT2D eigenvalue weighted by Gasteiger charge is 2.21. The molecule has 0 amide bonds. The molecule has 86 valence electrons. The molecule has 1 atom stereocenters. The Morgan fingerprint density at radius 1 is 1.47 bits per heavy atom. The normalized spacial score (nSPS) is 14.2. The van der Waals surface area contributed by atoms with Crippen molar-refractivity contribution in [2.75, 3.05) is 0 Å². The first-order valence-electron chi connectivity index (χ1n) is 5.59. The Balaban J connectivity index is 2.43. The highest BCUT2D eigenvalue weighted by molar-refractivity contribution is 6.21. The molecule has 0 aliphatic rings. The van der Waals surface area contributed by atoms with Crippen LogP contribution in [-0.2, 0) is 13.0 Å². The zero-order valence-corrected chi connectivity index (χ0v) is 10.9. The van der Waals surface area contributed by atoms with Crippen LogP contribution in [0.3, 0.4) is 0 Å². The van der Waals surface area contributed by atoms with E-state index in [0.29, 0.717) is 0 Å². The number of aryl methyl sites for hydroxylation is 2. The average molecular weight is 229 g/mol. The second kappa shape index (κ2) is 5.02. The predicted molar refractivity (Wildman–Crippen MR) is 65.3 cm³/mol. The first kappa shape index (κ1) is 12.6. The molecular formula is C12H21ClN2. The van der Waals surface area contributed by atoms with Crippen molar-refractivity contribution in [3.05, 3.63) is 18.0 Å². The fraction of sp³-hybridized carbons (Fsp3) is 0.750. The summed E-state index contributed by atoms with van der Waals surface area (Å²) in [5.74, 6) is 0. The summed E-state index contributed by atoms with van der Waals surface area (Å²) in [4.78, 5) is 0. The Labute approximate surface area is 97.6 Å². The van der Waals surface area contributed by atoms with Crippen LogP contribution >= 0.6 is 11.6 Å². The summed E-state index contributed by atoms with van der Waals surface area (Å²) >= 11 is 6.32. The Kier molecular flexibility index (Phi) is 4.21. The summed E-state index contributed by atoms with van der Waals surface area (Å²) in [5.41, 5.74) is 1.47. The Morgan fingerprint density at radius 3 is 2.60 bits per heavy atom. The predicted octanol–water partition coefficient (Wildman–Crippen LogP) is 3.49. The molecule has 0 spiro atoms. The molecule has 0 aliphatic heterocycles. The van der Waals surface area contributed by atoms with E-state index in [0.717, 1.165) is 19.4 Å². The smallest absolute Gasteiger partial charge is 0.0521 e. The fourth-order valence-electron chi connectivity index (χ4n) is 1.43. The zero-order chi connectivity index (χ0) is 11.5. The Morgan fingerprint density at radius 2 is 2.13 bits per heavy atom. The number of hydrogen-bond acceptors (Lipinski definition) is 1. The average Bonchev–Trinajstić information content (AvgIpc) is 2.60. The van der Waals surface area contributed by atoms with E-state index in [4.69, 9.17) is 11.6 Å². The van der Waals surface area contributed by atoms with E-state index < -0.39 is 0 Å². The highest BCUT2D eigenvalue weighted by Crippen LogP contribution is 2.27. The van der Waals surface area contributed by atoms with Crippen LogP contribution in [0, 0.1) is 5.41 Å². The Hall–Kier alpha value is -0.500. The molecule has 1 aromatic heterocycles. The lowest BCUT2D eigenvalue weighted by Gasteiger charge is -2.24. The molecule has 15 heavy (non-hydrogen) atoms. The van der Waals surface area contributed by atoms with Gasteiger partial charge in [-0.15, -0.1) is 11.6 Å². The molecule has 0 fully saturated rings. The van der Waals surface area contributed by atoms with Crippen LogP contribution in [0.15, 0.2) is 12.4 Å². The summed E-state index contributed by atoms with van der Waals surface area (Å²) in [6.45, 7) is 9.57. The van der Waals surface area contributed by atoms with Gasteiger partial charge in [-0.2, -0.15) is 5.10 Å². The first-order valence-corrected chi connectivity index (χ1v) is 6.02. The van der Waals surface area contributed by atoms with Crippen molar-refractivity contribution < 1.29 is 0 Å². The van der Waals surface area contributed by atoms with Gasteiger partial charge in [-0.3, -0.25) is 4.68 Å². The largest absolute Gasteiger partial charge is 0.273 e. The van der Waals surface area contributed by atoms with Gasteiger partial charge in [0.05, 0.1) is 6.20 Å². The summed E-state index contributed by atoms with van der Waals surface area (Å²) in [5, 5.41) is 4.47. The summed E-state index contributed by atoms with van der Waals surface area (Å²) in [6, 6.07) is 0. The number of aromatic nitrogens is 2. The van der Waals surface area contributed by atoms with Crippen molar-refractivity contribution in [3.8, 4) is 0 Å². The first-order chi connectivity index (χ1) is 6.93. The van der Waals surface area contributed by atoms with Crippen molar-refractivity contribution in [3.63, 3.8) is 0 Å². The van der Waals surface area contributed by atoms with Gasteiger partial charge in [0.2, 0.25) is 0 Å². The topological polar surface area (TPSA) is 17.8 Å². The van der Waals surface area contributed by atoms with Gasteiger partial charge in [-0.1, -0.05) is 20.8 Å². The van der Waals surface area contributed by atoms with E-state index in [1.807, 2.05) is 10.9 Å². The van der Waals surface area contributed by atoms with E-state index >= 15 is 0 Å². The summed E-state index contributed by atoms with van der Waals surface area (Å²) < 4.78 is 1.95.